The quantitative estimate of drug-likeness (QED) is 0.403. The fourth-order valence-corrected chi connectivity index (χ4v) is 0.364. The van der Waals surface area contributed by atoms with Crippen LogP contribution in [0.1, 0.15) is 0 Å². The first-order chi connectivity index (χ1) is 3.41. The fourth-order valence-electron chi connectivity index (χ4n) is 0.121. The Morgan fingerprint density at radius 1 is 1.43 bits per heavy atom. The van der Waals surface area contributed by atoms with Crippen LogP contribution >= 0.6 is 11.8 Å². The first kappa shape index (κ1) is 6.50. The molecule has 0 rings (SSSR count). The predicted molar refractivity (Wildman–Crippen MR) is 36.5 cm³/mol. The van der Waals surface area contributed by atoms with E-state index < -0.39 is 0 Å². The molecule has 0 radical (unpaired) electrons. The lowest BCUT2D eigenvalue weighted by molar-refractivity contribution is 1.65. The Morgan fingerprint density at radius 2 is 2.14 bits per heavy atom. The summed E-state index contributed by atoms with van der Waals surface area (Å²) in [5.74, 6) is 0. The van der Waals surface area contributed by atoms with Crippen LogP contribution in [0.3, 0.4) is 0 Å². The third kappa shape index (κ3) is 5.50. The molecule has 0 aliphatic heterocycles. The summed E-state index contributed by atoms with van der Waals surface area (Å²) in [4.78, 5) is 3.69. The maximum atomic E-state index is 3.69. The Morgan fingerprint density at radius 3 is 2.57 bits per heavy atom. The summed E-state index contributed by atoms with van der Waals surface area (Å²) in [7, 11) is 0. The molecule has 2 heteroatoms. The number of thioether (sulfide) groups is 1. The predicted octanol–water partition coefficient (Wildman–Crippen LogP) is 2.03. The van der Waals surface area contributed by atoms with Crippen LogP contribution in [0.15, 0.2) is 29.8 Å². The molecule has 1 nitrogen and oxygen atoms in total. The summed E-state index contributed by atoms with van der Waals surface area (Å²) in [6, 6.07) is 0. The van der Waals surface area contributed by atoms with E-state index in [0.29, 0.717) is 0 Å². The van der Waals surface area contributed by atoms with E-state index in [1.165, 1.54) is 18.0 Å². The van der Waals surface area contributed by atoms with Gasteiger partial charge in [0.1, 0.15) is 0 Å². The lowest BCUT2D eigenvalue weighted by atomic mass is 11.1. The average molecular weight is 113 g/mol. The van der Waals surface area contributed by atoms with Gasteiger partial charge in [0, 0.05) is 6.20 Å². The summed E-state index contributed by atoms with van der Waals surface area (Å²) in [5, 5.41) is 1.70. The minimum atomic E-state index is 1.43. The Labute approximate surface area is 47.8 Å². The summed E-state index contributed by atoms with van der Waals surface area (Å²) >= 11 is 1.43. The van der Waals surface area contributed by atoms with Crippen LogP contribution in [-0.2, 0) is 0 Å². The van der Waals surface area contributed by atoms with Gasteiger partial charge in [0.2, 0.25) is 0 Å². The number of aliphatic imine (C=N–C) groups is 1. The molecule has 0 bridgehead atoms. The normalized spacial score (nSPS) is 9.14. The topological polar surface area (TPSA) is 12.4 Å². The maximum absolute atomic E-state index is 3.69. The van der Waals surface area contributed by atoms with Gasteiger partial charge >= 0.3 is 0 Å². The van der Waals surface area contributed by atoms with Crippen molar-refractivity contribution in [3.63, 3.8) is 0 Å². The lowest BCUT2D eigenvalue weighted by Crippen LogP contribution is -1.51. The van der Waals surface area contributed by atoms with E-state index in [4.69, 9.17) is 0 Å². The van der Waals surface area contributed by atoms with Crippen molar-refractivity contribution in [3.05, 3.63) is 24.8 Å². The molecule has 0 heterocycles. The third-order valence-electron chi connectivity index (χ3n) is 0.323. The molecule has 0 aliphatic rings. The Balaban J connectivity index is 3.08. The van der Waals surface area contributed by atoms with Gasteiger partial charge in [-0.1, -0.05) is 24.9 Å². The molecule has 0 unspecified atom stereocenters. The van der Waals surface area contributed by atoms with E-state index in [-0.39, 0.29) is 0 Å². The number of rotatable bonds is 3. The van der Waals surface area contributed by atoms with Crippen molar-refractivity contribution in [2.75, 3.05) is 0 Å². The third-order valence-corrected chi connectivity index (χ3v) is 0.759. The van der Waals surface area contributed by atoms with E-state index in [9.17, 15) is 0 Å². The van der Waals surface area contributed by atoms with Gasteiger partial charge in [-0.2, -0.15) is 0 Å². The van der Waals surface area contributed by atoms with Crippen molar-refractivity contribution >= 4 is 17.3 Å². The molecule has 0 aliphatic carbocycles. The summed E-state index contributed by atoms with van der Waals surface area (Å²) in [6.45, 7) is 6.86. The smallest absolute Gasteiger partial charge is 0.0638 e. The minimum Gasteiger partial charge on any atom is -0.258 e. The van der Waals surface area contributed by atoms with E-state index >= 15 is 0 Å². The standard InChI is InChI=1S/C5H7NS/c1-3-6-5-7-4-2/h3-5H,1-2H2/b6-5-. The summed E-state index contributed by atoms with van der Waals surface area (Å²) in [6.07, 6.45) is 1.48. The first-order valence-corrected chi connectivity index (χ1v) is 2.75. The van der Waals surface area contributed by atoms with Gasteiger partial charge in [0.15, 0.2) is 0 Å². The van der Waals surface area contributed by atoms with Crippen molar-refractivity contribution < 1.29 is 0 Å². The zero-order valence-electron chi connectivity index (χ0n) is 4.00. The highest BCUT2D eigenvalue weighted by Crippen LogP contribution is 1.91. The van der Waals surface area contributed by atoms with Crippen molar-refractivity contribution in [1.29, 1.82) is 0 Å². The van der Waals surface area contributed by atoms with Gasteiger partial charge in [0.05, 0.1) is 5.55 Å². The molecular weight excluding hydrogens is 106 g/mol. The highest BCUT2D eigenvalue weighted by atomic mass is 32.2. The summed E-state index contributed by atoms with van der Waals surface area (Å²) in [5.41, 5.74) is 1.67. The van der Waals surface area contributed by atoms with Crippen molar-refractivity contribution in [2.45, 2.75) is 0 Å². The molecule has 0 saturated carbocycles. The maximum Gasteiger partial charge on any atom is 0.0638 e. The second-order valence-electron chi connectivity index (χ2n) is 0.740. The fraction of sp³-hybridized carbons (Fsp3) is 0. The molecule has 0 saturated heterocycles. The number of hydrogen-bond acceptors (Lipinski definition) is 2. The number of nitrogens with zero attached hydrogens (tertiary/aromatic N) is 1. The second-order valence-corrected chi connectivity index (χ2v) is 1.56. The SMILES string of the molecule is C=C/N=C\SC=C. The van der Waals surface area contributed by atoms with Crippen LogP contribution < -0.4 is 0 Å². The average Bonchev–Trinajstić information content (AvgIpc) is 1.69. The van der Waals surface area contributed by atoms with E-state index in [0.717, 1.165) is 0 Å². The van der Waals surface area contributed by atoms with Crippen LogP contribution in [-0.4, -0.2) is 5.55 Å². The molecule has 0 aromatic carbocycles. The molecule has 0 spiro atoms. The van der Waals surface area contributed by atoms with Gasteiger partial charge in [-0.05, 0) is 5.41 Å². The van der Waals surface area contributed by atoms with Gasteiger partial charge in [0.25, 0.3) is 0 Å². The molecule has 0 aromatic rings. The summed E-state index contributed by atoms with van der Waals surface area (Å²) < 4.78 is 0. The molecule has 38 valence electrons. The lowest BCUT2D eigenvalue weighted by Gasteiger charge is -1.71. The molecule has 0 atom stereocenters. The van der Waals surface area contributed by atoms with Crippen LogP contribution in [0.4, 0.5) is 0 Å². The van der Waals surface area contributed by atoms with Crippen molar-refractivity contribution in [1.82, 2.24) is 0 Å². The largest absolute Gasteiger partial charge is 0.258 e. The zero-order chi connectivity index (χ0) is 5.54. The number of hydrogen-bond donors (Lipinski definition) is 0. The van der Waals surface area contributed by atoms with Gasteiger partial charge in [-0.3, -0.25) is 4.99 Å². The van der Waals surface area contributed by atoms with E-state index in [1.54, 1.807) is 11.0 Å². The van der Waals surface area contributed by atoms with Crippen LogP contribution in [0.25, 0.3) is 0 Å². The van der Waals surface area contributed by atoms with Gasteiger partial charge in [-0.15, -0.1) is 0 Å². The van der Waals surface area contributed by atoms with Crippen LogP contribution in [0.5, 0.6) is 0 Å². The Kier molecular flexibility index (Phi) is 5.11. The Hall–Kier alpha value is -0.500. The second kappa shape index (κ2) is 5.50. The molecular formula is C5H7NS. The molecule has 0 fully saturated rings. The van der Waals surface area contributed by atoms with Gasteiger partial charge in [-0.25, -0.2) is 0 Å². The van der Waals surface area contributed by atoms with Crippen LogP contribution in [0.2, 0.25) is 0 Å². The van der Waals surface area contributed by atoms with E-state index in [1.807, 2.05) is 0 Å². The monoisotopic (exact) mass is 113 g/mol. The Bertz CT molecular complexity index is 86.1. The van der Waals surface area contributed by atoms with Gasteiger partial charge < -0.3 is 0 Å². The highest BCUT2D eigenvalue weighted by Gasteiger charge is 1.60. The molecule has 7 heavy (non-hydrogen) atoms. The molecule has 0 amide bonds. The zero-order valence-corrected chi connectivity index (χ0v) is 4.82. The van der Waals surface area contributed by atoms with Crippen molar-refractivity contribution in [3.8, 4) is 0 Å². The van der Waals surface area contributed by atoms with E-state index in [2.05, 4.69) is 18.2 Å². The first-order valence-electron chi connectivity index (χ1n) is 1.80. The molecule has 0 N–H and O–H groups in total. The molecule has 0 aromatic heterocycles. The van der Waals surface area contributed by atoms with Crippen LogP contribution in [0, 0.1) is 0 Å². The highest BCUT2D eigenvalue weighted by molar-refractivity contribution is 8.14. The minimum absolute atomic E-state index is 1.43. The van der Waals surface area contributed by atoms with Crippen molar-refractivity contribution in [2.24, 2.45) is 4.99 Å².